The molecule has 0 aliphatic rings. The van der Waals surface area contributed by atoms with Crippen molar-refractivity contribution < 1.29 is 4.79 Å². The molecule has 1 atom stereocenters. The first kappa shape index (κ1) is 17.1. The van der Waals surface area contributed by atoms with E-state index in [0.29, 0.717) is 17.7 Å². The Morgan fingerprint density at radius 3 is 2.40 bits per heavy atom. The molecule has 1 rings (SSSR count). The minimum Gasteiger partial charge on any atom is -0.355 e. The number of hydrogen-bond donors (Lipinski definition) is 2. The van der Waals surface area contributed by atoms with Gasteiger partial charge in [-0.25, -0.2) is 0 Å². The molecular formula is C16H26N2OS. The van der Waals surface area contributed by atoms with Gasteiger partial charge in [0.2, 0.25) is 5.91 Å². The third kappa shape index (κ3) is 6.44. The number of carbonyl (C=O) groups is 1. The molecule has 0 radical (unpaired) electrons. The van der Waals surface area contributed by atoms with Crippen LogP contribution in [-0.4, -0.2) is 24.7 Å². The van der Waals surface area contributed by atoms with Gasteiger partial charge < -0.3 is 10.6 Å². The maximum Gasteiger partial charge on any atom is 0.230 e. The first-order valence-corrected chi connectivity index (χ1v) is 8.24. The van der Waals surface area contributed by atoms with E-state index in [1.807, 2.05) is 0 Å². The minimum absolute atomic E-state index is 0.105. The summed E-state index contributed by atoms with van der Waals surface area (Å²) in [4.78, 5) is 12.8. The molecule has 1 aromatic carbocycles. The Labute approximate surface area is 126 Å². The summed E-state index contributed by atoms with van der Waals surface area (Å²) >= 11 is 1.58. The van der Waals surface area contributed by atoms with Crippen LogP contribution >= 0.6 is 11.8 Å². The molecule has 1 aromatic rings. The summed E-state index contributed by atoms with van der Waals surface area (Å²) in [6.45, 7) is 10.2. The summed E-state index contributed by atoms with van der Waals surface area (Å²) in [5.74, 6) is 1.08. The molecule has 2 N–H and O–H groups in total. The van der Waals surface area contributed by atoms with Gasteiger partial charge in [0.1, 0.15) is 0 Å². The Hall–Kier alpha value is -1.00. The quantitative estimate of drug-likeness (QED) is 0.723. The van der Waals surface area contributed by atoms with E-state index in [0.717, 1.165) is 18.0 Å². The predicted molar refractivity (Wildman–Crippen MR) is 87.1 cm³/mol. The topological polar surface area (TPSA) is 41.1 Å². The smallest absolute Gasteiger partial charge is 0.230 e. The van der Waals surface area contributed by atoms with E-state index in [1.165, 1.54) is 5.56 Å². The fraction of sp³-hybridized carbons (Fsp3) is 0.562. The number of carbonyl (C=O) groups excluding carboxylic acids is 1. The average Bonchev–Trinajstić information content (AvgIpc) is 2.43. The third-order valence-electron chi connectivity index (χ3n) is 2.97. The van der Waals surface area contributed by atoms with Crippen LogP contribution in [0.3, 0.4) is 0 Å². The first-order valence-electron chi connectivity index (χ1n) is 7.25. The molecule has 0 aliphatic carbocycles. The SMILES string of the molecule is CCNC(C)c1ccc(SCC(=O)NCC(C)C)cc1. The lowest BCUT2D eigenvalue weighted by molar-refractivity contribution is -0.118. The highest BCUT2D eigenvalue weighted by atomic mass is 32.2. The molecule has 0 saturated carbocycles. The van der Waals surface area contributed by atoms with Crippen LogP contribution in [0.25, 0.3) is 0 Å². The van der Waals surface area contributed by atoms with Gasteiger partial charge in [-0.15, -0.1) is 11.8 Å². The van der Waals surface area contributed by atoms with Gasteiger partial charge in [0.05, 0.1) is 5.75 Å². The molecule has 0 aromatic heterocycles. The molecule has 0 saturated heterocycles. The first-order chi connectivity index (χ1) is 9.52. The van der Waals surface area contributed by atoms with Crippen LogP contribution in [0.1, 0.15) is 39.3 Å². The zero-order valence-corrected chi connectivity index (χ0v) is 13.7. The van der Waals surface area contributed by atoms with Crippen LogP contribution < -0.4 is 10.6 Å². The molecule has 4 heteroatoms. The molecule has 0 aliphatic heterocycles. The van der Waals surface area contributed by atoms with Crippen LogP contribution in [0, 0.1) is 5.92 Å². The standard InChI is InChI=1S/C16H26N2OS/c1-5-17-13(4)14-6-8-15(9-7-14)20-11-16(19)18-10-12(2)3/h6-9,12-13,17H,5,10-11H2,1-4H3,(H,18,19). The lowest BCUT2D eigenvalue weighted by atomic mass is 10.1. The van der Waals surface area contributed by atoms with Gasteiger partial charge in [-0.2, -0.15) is 0 Å². The maximum absolute atomic E-state index is 11.6. The van der Waals surface area contributed by atoms with Gasteiger partial charge >= 0.3 is 0 Å². The number of hydrogen-bond acceptors (Lipinski definition) is 3. The van der Waals surface area contributed by atoms with E-state index in [2.05, 4.69) is 62.6 Å². The van der Waals surface area contributed by atoms with Gasteiger partial charge in [0.15, 0.2) is 0 Å². The Bertz CT molecular complexity index is 403. The second-order valence-electron chi connectivity index (χ2n) is 5.34. The van der Waals surface area contributed by atoms with Crippen molar-refractivity contribution in [3.63, 3.8) is 0 Å². The van der Waals surface area contributed by atoms with Crippen LogP contribution in [0.15, 0.2) is 29.2 Å². The van der Waals surface area contributed by atoms with Gasteiger partial charge in [-0.1, -0.05) is 32.9 Å². The van der Waals surface area contributed by atoms with Crippen LogP contribution in [0.5, 0.6) is 0 Å². The summed E-state index contributed by atoms with van der Waals surface area (Å²) in [5, 5.41) is 6.32. The Balaban J connectivity index is 2.40. The van der Waals surface area contributed by atoms with Crippen molar-refractivity contribution >= 4 is 17.7 Å². The van der Waals surface area contributed by atoms with E-state index in [-0.39, 0.29) is 5.91 Å². The average molecular weight is 294 g/mol. The molecule has 0 bridgehead atoms. The minimum atomic E-state index is 0.105. The zero-order valence-electron chi connectivity index (χ0n) is 12.9. The molecule has 3 nitrogen and oxygen atoms in total. The van der Waals surface area contributed by atoms with E-state index < -0.39 is 0 Å². The van der Waals surface area contributed by atoms with Gasteiger partial charge in [-0.05, 0) is 37.1 Å². The van der Waals surface area contributed by atoms with Crippen molar-refractivity contribution in [2.75, 3.05) is 18.8 Å². The number of rotatable bonds is 8. The Morgan fingerprint density at radius 2 is 1.85 bits per heavy atom. The molecular weight excluding hydrogens is 268 g/mol. The molecule has 0 spiro atoms. The molecule has 1 unspecified atom stereocenters. The Kier molecular flexibility index (Phi) is 7.70. The molecule has 20 heavy (non-hydrogen) atoms. The van der Waals surface area contributed by atoms with Gasteiger partial charge in [0, 0.05) is 17.5 Å². The zero-order chi connectivity index (χ0) is 15.0. The second-order valence-corrected chi connectivity index (χ2v) is 6.38. The van der Waals surface area contributed by atoms with Crippen molar-refractivity contribution in [1.82, 2.24) is 10.6 Å². The number of amides is 1. The highest BCUT2D eigenvalue weighted by Crippen LogP contribution is 2.20. The number of thioether (sulfide) groups is 1. The highest BCUT2D eigenvalue weighted by Gasteiger charge is 2.06. The predicted octanol–water partition coefficient (Wildman–Crippen LogP) is 3.22. The molecule has 0 heterocycles. The van der Waals surface area contributed by atoms with E-state index >= 15 is 0 Å². The highest BCUT2D eigenvalue weighted by molar-refractivity contribution is 8.00. The largest absolute Gasteiger partial charge is 0.355 e. The van der Waals surface area contributed by atoms with Crippen molar-refractivity contribution in [2.45, 2.75) is 38.6 Å². The van der Waals surface area contributed by atoms with E-state index in [1.54, 1.807) is 11.8 Å². The van der Waals surface area contributed by atoms with Crippen molar-refractivity contribution in [2.24, 2.45) is 5.92 Å². The summed E-state index contributed by atoms with van der Waals surface area (Å²) in [6.07, 6.45) is 0. The third-order valence-corrected chi connectivity index (χ3v) is 3.98. The maximum atomic E-state index is 11.6. The second kappa shape index (κ2) is 9.03. The fourth-order valence-corrected chi connectivity index (χ4v) is 2.52. The normalized spacial score (nSPS) is 12.4. The van der Waals surface area contributed by atoms with Gasteiger partial charge in [0.25, 0.3) is 0 Å². The summed E-state index contributed by atoms with van der Waals surface area (Å²) in [5.41, 5.74) is 1.28. The summed E-state index contributed by atoms with van der Waals surface area (Å²) in [7, 11) is 0. The molecule has 112 valence electrons. The lowest BCUT2D eigenvalue weighted by Crippen LogP contribution is -2.28. The summed E-state index contributed by atoms with van der Waals surface area (Å²) < 4.78 is 0. The molecule has 0 fully saturated rings. The van der Waals surface area contributed by atoms with Gasteiger partial charge in [-0.3, -0.25) is 4.79 Å². The summed E-state index contributed by atoms with van der Waals surface area (Å²) in [6, 6.07) is 8.80. The van der Waals surface area contributed by atoms with Crippen molar-refractivity contribution in [3.05, 3.63) is 29.8 Å². The Morgan fingerprint density at radius 1 is 1.20 bits per heavy atom. The van der Waals surface area contributed by atoms with Crippen molar-refractivity contribution in [3.8, 4) is 0 Å². The lowest BCUT2D eigenvalue weighted by Gasteiger charge is -2.13. The van der Waals surface area contributed by atoms with Crippen molar-refractivity contribution in [1.29, 1.82) is 0 Å². The molecule has 1 amide bonds. The van der Waals surface area contributed by atoms with E-state index in [9.17, 15) is 4.79 Å². The number of benzene rings is 1. The van der Waals surface area contributed by atoms with Crippen LogP contribution in [0.4, 0.5) is 0 Å². The van der Waals surface area contributed by atoms with Crippen LogP contribution in [-0.2, 0) is 4.79 Å². The monoisotopic (exact) mass is 294 g/mol. The number of nitrogens with one attached hydrogen (secondary N) is 2. The fourth-order valence-electron chi connectivity index (χ4n) is 1.79. The van der Waals surface area contributed by atoms with E-state index in [4.69, 9.17) is 0 Å². The van der Waals surface area contributed by atoms with Crippen LogP contribution in [0.2, 0.25) is 0 Å².